The van der Waals surface area contributed by atoms with Crippen LogP contribution in [0.4, 0.5) is 11.4 Å². The molecule has 0 aliphatic rings. The molecule has 0 fully saturated rings. The molecule has 0 aliphatic carbocycles. The van der Waals surface area contributed by atoms with Crippen LogP contribution in [-0.4, -0.2) is 44.7 Å². The minimum atomic E-state index is 0.0335. The minimum absolute atomic E-state index is 0.0335. The van der Waals surface area contributed by atoms with E-state index in [0.29, 0.717) is 44.7 Å². The van der Waals surface area contributed by atoms with Gasteiger partial charge < -0.3 is 24.6 Å². The zero-order chi connectivity index (χ0) is 17.7. The SMILES string of the molecule is OCCOCCOCCOCc1ccccc1Nc1cccc(Cl)c1. The molecule has 0 bridgehead atoms. The van der Waals surface area contributed by atoms with Crippen LogP contribution < -0.4 is 5.32 Å². The third kappa shape index (κ3) is 7.86. The van der Waals surface area contributed by atoms with Gasteiger partial charge in [-0.3, -0.25) is 0 Å². The van der Waals surface area contributed by atoms with Gasteiger partial charge in [0, 0.05) is 22.0 Å². The molecular weight excluding hydrogens is 342 g/mol. The molecule has 2 N–H and O–H groups in total. The number of hydrogen-bond acceptors (Lipinski definition) is 5. The van der Waals surface area contributed by atoms with Crippen LogP contribution >= 0.6 is 11.6 Å². The molecule has 2 aromatic carbocycles. The standard InChI is InChI=1S/C19H24ClNO4/c20-17-5-3-6-18(14-17)21-19-7-2-1-4-16(19)15-25-13-12-24-11-10-23-9-8-22/h1-7,14,21-22H,8-13,15H2. The number of nitrogens with one attached hydrogen (secondary N) is 1. The third-order valence-electron chi connectivity index (χ3n) is 3.36. The molecule has 0 unspecified atom stereocenters. The van der Waals surface area contributed by atoms with E-state index in [9.17, 15) is 0 Å². The van der Waals surface area contributed by atoms with Gasteiger partial charge in [0.05, 0.1) is 46.2 Å². The van der Waals surface area contributed by atoms with Crippen LogP contribution in [0, 0.1) is 0 Å². The minimum Gasteiger partial charge on any atom is -0.394 e. The van der Waals surface area contributed by atoms with Crippen molar-refractivity contribution < 1.29 is 19.3 Å². The molecule has 136 valence electrons. The molecule has 0 atom stereocenters. The van der Waals surface area contributed by atoms with E-state index in [-0.39, 0.29) is 6.61 Å². The van der Waals surface area contributed by atoms with E-state index in [2.05, 4.69) is 5.32 Å². The second kappa shape index (κ2) is 11.8. The fourth-order valence-electron chi connectivity index (χ4n) is 2.18. The van der Waals surface area contributed by atoms with E-state index in [4.69, 9.17) is 30.9 Å². The monoisotopic (exact) mass is 365 g/mol. The van der Waals surface area contributed by atoms with Gasteiger partial charge in [0.2, 0.25) is 0 Å². The van der Waals surface area contributed by atoms with Gasteiger partial charge >= 0.3 is 0 Å². The Hall–Kier alpha value is -1.63. The van der Waals surface area contributed by atoms with Gasteiger partial charge in [0.15, 0.2) is 0 Å². The summed E-state index contributed by atoms with van der Waals surface area (Å²) in [5.74, 6) is 0. The molecule has 0 saturated heterocycles. The number of para-hydroxylation sites is 1. The summed E-state index contributed by atoms with van der Waals surface area (Å²) in [4.78, 5) is 0. The second-order valence-corrected chi connectivity index (χ2v) is 5.73. The first kappa shape index (κ1) is 19.7. The predicted molar refractivity (Wildman–Crippen MR) is 99.6 cm³/mol. The lowest BCUT2D eigenvalue weighted by Crippen LogP contribution is -2.11. The van der Waals surface area contributed by atoms with Crippen molar-refractivity contribution in [1.29, 1.82) is 0 Å². The number of aliphatic hydroxyl groups is 1. The topological polar surface area (TPSA) is 60.0 Å². The maximum absolute atomic E-state index is 8.58. The highest BCUT2D eigenvalue weighted by molar-refractivity contribution is 6.30. The Morgan fingerprint density at radius 1 is 0.840 bits per heavy atom. The molecule has 0 amide bonds. The summed E-state index contributed by atoms with van der Waals surface area (Å²) >= 11 is 6.02. The number of ether oxygens (including phenoxy) is 3. The van der Waals surface area contributed by atoms with Crippen molar-refractivity contribution in [2.75, 3.05) is 45.0 Å². The highest BCUT2D eigenvalue weighted by Gasteiger charge is 2.03. The first-order valence-electron chi connectivity index (χ1n) is 8.24. The Bertz CT molecular complexity index is 624. The lowest BCUT2D eigenvalue weighted by molar-refractivity contribution is 0.00458. The zero-order valence-electron chi connectivity index (χ0n) is 14.1. The first-order chi connectivity index (χ1) is 12.3. The first-order valence-corrected chi connectivity index (χ1v) is 8.62. The fraction of sp³-hybridized carbons (Fsp3) is 0.368. The Labute approximate surface area is 153 Å². The van der Waals surface area contributed by atoms with Gasteiger partial charge in [0.1, 0.15) is 0 Å². The summed E-state index contributed by atoms with van der Waals surface area (Å²) in [6, 6.07) is 15.6. The van der Waals surface area contributed by atoms with Crippen LogP contribution in [0.2, 0.25) is 5.02 Å². The third-order valence-corrected chi connectivity index (χ3v) is 3.59. The number of aliphatic hydroxyl groups excluding tert-OH is 1. The highest BCUT2D eigenvalue weighted by Crippen LogP contribution is 2.23. The van der Waals surface area contributed by atoms with Gasteiger partial charge in [0.25, 0.3) is 0 Å². The van der Waals surface area contributed by atoms with Gasteiger partial charge in [-0.05, 0) is 24.3 Å². The Balaban J connectivity index is 1.72. The highest BCUT2D eigenvalue weighted by atomic mass is 35.5. The van der Waals surface area contributed by atoms with Gasteiger partial charge in [-0.2, -0.15) is 0 Å². The molecule has 0 aliphatic heterocycles. The fourth-order valence-corrected chi connectivity index (χ4v) is 2.37. The van der Waals surface area contributed by atoms with Crippen LogP contribution in [0.1, 0.15) is 5.56 Å². The molecule has 0 radical (unpaired) electrons. The normalized spacial score (nSPS) is 10.8. The second-order valence-electron chi connectivity index (χ2n) is 5.29. The van der Waals surface area contributed by atoms with Crippen molar-refractivity contribution in [2.24, 2.45) is 0 Å². The van der Waals surface area contributed by atoms with Crippen molar-refractivity contribution in [2.45, 2.75) is 6.61 Å². The lowest BCUT2D eigenvalue weighted by atomic mass is 10.2. The molecule has 5 nitrogen and oxygen atoms in total. The molecule has 0 saturated carbocycles. The number of rotatable bonds is 12. The van der Waals surface area contributed by atoms with Gasteiger partial charge in [-0.1, -0.05) is 35.9 Å². The Morgan fingerprint density at radius 2 is 1.56 bits per heavy atom. The Morgan fingerprint density at radius 3 is 2.32 bits per heavy atom. The van der Waals surface area contributed by atoms with Gasteiger partial charge in [-0.15, -0.1) is 0 Å². The Kier molecular flexibility index (Phi) is 9.33. The van der Waals surface area contributed by atoms with Crippen molar-refractivity contribution >= 4 is 23.0 Å². The molecule has 2 rings (SSSR count). The van der Waals surface area contributed by atoms with E-state index >= 15 is 0 Å². The van der Waals surface area contributed by atoms with Crippen LogP contribution in [0.3, 0.4) is 0 Å². The molecule has 6 heteroatoms. The summed E-state index contributed by atoms with van der Waals surface area (Å²) in [7, 11) is 0. The van der Waals surface area contributed by atoms with Crippen molar-refractivity contribution in [3.05, 3.63) is 59.1 Å². The summed E-state index contributed by atoms with van der Waals surface area (Å²) in [5.41, 5.74) is 2.99. The van der Waals surface area contributed by atoms with Crippen LogP contribution in [0.5, 0.6) is 0 Å². The van der Waals surface area contributed by atoms with Crippen molar-refractivity contribution in [3.8, 4) is 0 Å². The van der Waals surface area contributed by atoms with E-state index in [1.165, 1.54) is 0 Å². The van der Waals surface area contributed by atoms with E-state index < -0.39 is 0 Å². The smallest absolute Gasteiger partial charge is 0.0738 e. The average Bonchev–Trinajstić information content (AvgIpc) is 2.62. The largest absolute Gasteiger partial charge is 0.394 e. The summed E-state index contributed by atoms with van der Waals surface area (Å²) < 4.78 is 16.2. The van der Waals surface area contributed by atoms with E-state index in [0.717, 1.165) is 16.9 Å². The number of halogens is 1. The lowest BCUT2D eigenvalue weighted by Gasteiger charge is -2.13. The maximum atomic E-state index is 8.58. The quantitative estimate of drug-likeness (QED) is 0.562. The number of benzene rings is 2. The average molecular weight is 366 g/mol. The van der Waals surface area contributed by atoms with Crippen molar-refractivity contribution in [3.63, 3.8) is 0 Å². The molecule has 0 spiro atoms. The predicted octanol–water partition coefficient (Wildman–Crippen LogP) is 3.63. The summed E-state index contributed by atoms with van der Waals surface area (Å²) in [6.45, 7) is 2.86. The maximum Gasteiger partial charge on any atom is 0.0738 e. The zero-order valence-corrected chi connectivity index (χ0v) is 14.9. The van der Waals surface area contributed by atoms with Crippen LogP contribution in [0.25, 0.3) is 0 Å². The van der Waals surface area contributed by atoms with Crippen LogP contribution in [0.15, 0.2) is 48.5 Å². The number of hydrogen-bond donors (Lipinski definition) is 2. The van der Waals surface area contributed by atoms with E-state index in [1.807, 2.05) is 48.5 Å². The molecule has 0 heterocycles. The summed E-state index contributed by atoms with van der Waals surface area (Å²) in [6.07, 6.45) is 0. The number of anilines is 2. The van der Waals surface area contributed by atoms with E-state index in [1.54, 1.807) is 0 Å². The summed E-state index contributed by atoms with van der Waals surface area (Å²) in [5, 5.41) is 12.6. The molecule has 2 aromatic rings. The van der Waals surface area contributed by atoms with Crippen LogP contribution in [-0.2, 0) is 20.8 Å². The van der Waals surface area contributed by atoms with Crippen molar-refractivity contribution in [1.82, 2.24) is 0 Å². The molecule has 0 aromatic heterocycles. The van der Waals surface area contributed by atoms with Gasteiger partial charge in [-0.25, -0.2) is 0 Å². The molecule has 25 heavy (non-hydrogen) atoms. The molecular formula is C19H24ClNO4.